The summed E-state index contributed by atoms with van der Waals surface area (Å²) in [5.74, 6) is 0.340. The normalized spacial score (nSPS) is 13.4. The summed E-state index contributed by atoms with van der Waals surface area (Å²) in [7, 11) is 1.68. The molecule has 20 heavy (non-hydrogen) atoms. The topological polar surface area (TPSA) is 77.2 Å². The van der Waals surface area contributed by atoms with Gasteiger partial charge in [-0.25, -0.2) is 0 Å². The number of carboxylic acids is 1. The van der Waals surface area contributed by atoms with Crippen molar-refractivity contribution in [3.8, 4) is 0 Å². The van der Waals surface area contributed by atoms with Gasteiger partial charge in [-0.3, -0.25) is 4.79 Å². The van der Waals surface area contributed by atoms with Crippen molar-refractivity contribution in [3.05, 3.63) is 5.82 Å². The van der Waals surface area contributed by atoms with Crippen molar-refractivity contribution in [2.45, 2.75) is 44.8 Å². The number of carboxylic acid groups (broad SMARTS) is 1. The van der Waals surface area contributed by atoms with Crippen LogP contribution in [0, 0.1) is 5.92 Å². The number of thioether (sulfide) groups is 1. The van der Waals surface area contributed by atoms with E-state index in [0.29, 0.717) is 17.7 Å². The summed E-state index contributed by atoms with van der Waals surface area (Å²) in [4.78, 5) is 10.7. The van der Waals surface area contributed by atoms with Gasteiger partial charge in [0.2, 0.25) is 0 Å². The Kier molecular flexibility index (Phi) is 6.01. The fourth-order valence-electron chi connectivity index (χ4n) is 1.98. The first kappa shape index (κ1) is 17.0. The van der Waals surface area contributed by atoms with Gasteiger partial charge >= 0.3 is 5.97 Å². The Labute approximate surface area is 123 Å². The van der Waals surface area contributed by atoms with Crippen LogP contribution >= 0.6 is 11.8 Å². The van der Waals surface area contributed by atoms with Gasteiger partial charge in [0, 0.05) is 25.7 Å². The third-order valence-corrected chi connectivity index (χ3v) is 3.59. The van der Waals surface area contributed by atoms with Gasteiger partial charge in [-0.05, 0) is 26.7 Å². The average Bonchev–Trinajstić information content (AvgIpc) is 2.69. The molecule has 0 bridgehead atoms. The van der Waals surface area contributed by atoms with Gasteiger partial charge in [-0.2, -0.15) is 0 Å². The van der Waals surface area contributed by atoms with E-state index in [1.165, 1.54) is 11.8 Å². The van der Waals surface area contributed by atoms with Crippen LogP contribution in [-0.4, -0.2) is 45.3 Å². The highest BCUT2D eigenvalue weighted by Crippen LogP contribution is 2.26. The minimum Gasteiger partial charge on any atom is -0.481 e. The minimum atomic E-state index is -0.854. The van der Waals surface area contributed by atoms with E-state index in [1.807, 2.05) is 4.57 Å². The molecule has 0 saturated carbocycles. The molecule has 0 aliphatic rings. The van der Waals surface area contributed by atoms with E-state index >= 15 is 0 Å². The van der Waals surface area contributed by atoms with Crippen LogP contribution in [0.5, 0.6) is 0 Å². The molecule has 0 fully saturated rings. The van der Waals surface area contributed by atoms with E-state index in [1.54, 1.807) is 7.11 Å². The monoisotopic (exact) mass is 301 g/mol. The molecule has 0 aromatic carbocycles. The van der Waals surface area contributed by atoms with E-state index in [2.05, 4.69) is 37.9 Å². The number of methoxy groups -OCH3 is 1. The predicted octanol–water partition coefficient (Wildman–Crippen LogP) is 2.03. The highest BCUT2D eigenvalue weighted by molar-refractivity contribution is 7.99. The largest absolute Gasteiger partial charge is 0.481 e. The predicted molar refractivity (Wildman–Crippen MR) is 78.1 cm³/mol. The molecule has 1 unspecified atom stereocenters. The molecule has 0 amide bonds. The van der Waals surface area contributed by atoms with Crippen molar-refractivity contribution >= 4 is 17.7 Å². The molecule has 114 valence electrons. The smallest absolute Gasteiger partial charge is 0.313 e. The third-order valence-electron chi connectivity index (χ3n) is 2.68. The second kappa shape index (κ2) is 7.08. The van der Waals surface area contributed by atoms with E-state index < -0.39 is 5.97 Å². The van der Waals surface area contributed by atoms with Gasteiger partial charge in [0.25, 0.3) is 0 Å². The van der Waals surface area contributed by atoms with E-state index in [-0.39, 0.29) is 11.3 Å². The highest BCUT2D eigenvalue weighted by Gasteiger charge is 2.24. The first-order chi connectivity index (χ1) is 9.25. The lowest BCUT2D eigenvalue weighted by atomic mass is 10.1. The summed E-state index contributed by atoms with van der Waals surface area (Å²) in [6.45, 7) is 8.94. The number of nitrogens with zero attached hydrogens (tertiary/aromatic N) is 3. The van der Waals surface area contributed by atoms with Gasteiger partial charge in [0.05, 0.1) is 5.75 Å². The van der Waals surface area contributed by atoms with Crippen LogP contribution < -0.4 is 0 Å². The van der Waals surface area contributed by atoms with Gasteiger partial charge in [0.15, 0.2) is 5.16 Å². The van der Waals surface area contributed by atoms with E-state index in [0.717, 1.165) is 12.2 Å². The van der Waals surface area contributed by atoms with Crippen LogP contribution in [0.1, 0.15) is 33.5 Å². The summed E-state index contributed by atoms with van der Waals surface area (Å²) >= 11 is 1.20. The first-order valence-electron chi connectivity index (χ1n) is 6.54. The molecule has 1 aromatic heterocycles. The molecule has 0 aliphatic heterocycles. The maximum absolute atomic E-state index is 10.7. The molecule has 1 aromatic rings. The second-order valence-corrected chi connectivity index (χ2v) is 6.79. The van der Waals surface area contributed by atoms with Gasteiger partial charge < -0.3 is 14.4 Å². The van der Waals surface area contributed by atoms with Crippen molar-refractivity contribution < 1.29 is 14.6 Å². The SMILES string of the molecule is COCC(C)Cc1nnc(SCC(=O)O)n1C(C)(C)C. The van der Waals surface area contributed by atoms with Crippen molar-refractivity contribution in [2.24, 2.45) is 5.92 Å². The zero-order valence-electron chi connectivity index (χ0n) is 12.7. The Morgan fingerprint density at radius 1 is 1.45 bits per heavy atom. The lowest BCUT2D eigenvalue weighted by molar-refractivity contribution is -0.133. The molecule has 0 radical (unpaired) electrons. The fraction of sp³-hybridized carbons (Fsp3) is 0.769. The molecule has 1 heterocycles. The maximum Gasteiger partial charge on any atom is 0.313 e. The van der Waals surface area contributed by atoms with Crippen molar-refractivity contribution in [2.75, 3.05) is 19.5 Å². The minimum absolute atomic E-state index is 0.0121. The Bertz CT molecular complexity index is 454. The summed E-state index contributed by atoms with van der Waals surface area (Å²) in [5, 5.41) is 17.8. The van der Waals surface area contributed by atoms with Crippen LogP contribution in [0.4, 0.5) is 0 Å². The Morgan fingerprint density at radius 3 is 2.60 bits per heavy atom. The zero-order valence-corrected chi connectivity index (χ0v) is 13.5. The first-order valence-corrected chi connectivity index (χ1v) is 7.52. The molecular weight excluding hydrogens is 278 g/mol. The number of hydrogen-bond acceptors (Lipinski definition) is 5. The maximum atomic E-state index is 10.7. The van der Waals surface area contributed by atoms with Crippen molar-refractivity contribution in [1.82, 2.24) is 14.8 Å². The average molecular weight is 301 g/mol. The van der Waals surface area contributed by atoms with Crippen LogP contribution in [-0.2, 0) is 21.5 Å². The van der Waals surface area contributed by atoms with Crippen LogP contribution in [0.25, 0.3) is 0 Å². The second-order valence-electron chi connectivity index (χ2n) is 5.85. The third kappa shape index (κ3) is 4.79. The van der Waals surface area contributed by atoms with Crippen molar-refractivity contribution in [3.63, 3.8) is 0 Å². The van der Waals surface area contributed by atoms with Gasteiger partial charge in [-0.15, -0.1) is 10.2 Å². The number of aromatic nitrogens is 3. The number of carbonyl (C=O) groups is 1. The molecule has 1 atom stereocenters. The Morgan fingerprint density at radius 2 is 2.10 bits per heavy atom. The van der Waals surface area contributed by atoms with E-state index in [9.17, 15) is 4.79 Å². The van der Waals surface area contributed by atoms with Gasteiger partial charge in [0.1, 0.15) is 5.82 Å². The lowest BCUT2D eigenvalue weighted by Crippen LogP contribution is -2.26. The molecule has 0 spiro atoms. The molecule has 0 aliphatic carbocycles. The molecule has 7 heteroatoms. The van der Waals surface area contributed by atoms with Gasteiger partial charge in [-0.1, -0.05) is 18.7 Å². The Balaban J connectivity index is 2.97. The number of rotatable bonds is 7. The quantitative estimate of drug-likeness (QED) is 0.777. The lowest BCUT2D eigenvalue weighted by Gasteiger charge is -2.25. The Hall–Kier alpha value is -1.08. The molecule has 6 nitrogen and oxygen atoms in total. The number of ether oxygens (including phenoxy) is 1. The van der Waals surface area contributed by atoms with E-state index in [4.69, 9.17) is 9.84 Å². The number of aliphatic carboxylic acids is 1. The summed E-state index contributed by atoms with van der Waals surface area (Å²) in [5.41, 5.74) is -0.188. The highest BCUT2D eigenvalue weighted by atomic mass is 32.2. The standard InChI is InChI=1S/C13H23N3O3S/c1-9(7-19-5)6-10-14-15-12(20-8-11(17)18)16(10)13(2,3)4/h9H,6-8H2,1-5H3,(H,17,18). The van der Waals surface area contributed by atoms with Crippen LogP contribution in [0.2, 0.25) is 0 Å². The fourth-order valence-corrected chi connectivity index (χ4v) is 2.84. The number of hydrogen-bond donors (Lipinski definition) is 1. The summed E-state index contributed by atoms with van der Waals surface area (Å²) < 4.78 is 7.17. The zero-order chi connectivity index (χ0) is 15.3. The van der Waals surface area contributed by atoms with Crippen molar-refractivity contribution in [1.29, 1.82) is 0 Å². The summed E-state index contributed by atoms with van der Waals surface area (Å²) in [6, 6.07) is 0. The van der Waals surface area contributed by atoms with Crippen LogP contribution in [0.3, 0.4) is 0 Å². The molecule has 0 saturated heterocycles. The summed E-state index contributed by atoms with van der Waals surface area (Å²) in [6.07, 6.45) is 0.756. The van der Waals surface area contributed by atoms with Crippen LogP contribution in [0.15, 0.2) is 5.16 Å². The molecule has 1 rings (SSSR count). The molecular formula is C13H23N3O3S. The molecule has 1 N–H and O–H groups in total.